The number of sulfonamides is 1. The van der Waals surface area contributed by atoms with Gasteiger partial charge < -0.3 is 5.73 Å². The van der Waals surface area contributed by atoms with Crippen molar-refractivity contribution >= 4 is 15.7 Å². The van der Waals surface area contributed by atoms with Gasteiger partial charge in [-0.1, -0.05) is 6.42 Å². The van der Waals surface area contributed by atoms with Crippen molar-refractivity contribution in [1.82, 2.24) is 9.29 Å². The molecule has 0 unspecified atom stereocenters. The Morgan fingerprint density at radius 1 is 1.45 bits per heavy atom. The standard InChI is InChI=1S/C11H16N4O4S/c12-7-9-3-1-2-6-14(9)20(18,19)11-5-4-10(8-13-11)15(16)17/h4-5,8-9H,1-3,6-7,12H2/t9-/m1/s1. The third-order valence-corrected chi connectivity index (χ3v) is 5.22. The van der Waals surface area contributed by atoms with Gasteiger partial charge in [0, 0.05) is 25.2 Å². The van der Waals surface area contributed by atoms with E-state index in [1.54, 1.807) is 0 Å². The Kier molecular flexibility index (Phi) is 4.31. The van der Waals surface area contributed by atoms with Crippen LogP contribution >= 0.6 is 0 Å². The summed E-state index contributed by atoms with van der Waals surface area (Å²) in [6, 6.07) is 2.07. The van der Waals surface area contributed by atoms with Crippen LogP contribution in [0.3, 0.4) is 0 Å². The van der Waals surface area contributed by atoms with Crippen molar-refractivity contribution in [2.75, 3.05) is 13.1 Å². The monoisotopic (exact) mass is 300 g/mol. The first-order valence-electron chi connectivity index (χ1n) is 6.29. The largest absolute Gasteiger partial charge is 0.329 e. The predicted octanol–water partition coefficient (Wildman–Crippen LogP) is 0.492. The smallest absolute Gasteiger partial charge is 0.287 e. The first kappa shape index (κ1) is 14.8. The van der Waals surface area contributed by atoms with E-state index in [-0.39, 0.29) is 23.3 Å². The average Bonchev–Trinajstić information content (AvgIpc) is 2.47. The molecular formula is C11H16N4O4S. The van der Waals surface area contributed by atoms with Crippen LogP contribution in [0, 0.1) is 10.1 Å². The van der Waals surface area contributed by atoms with Crippen LogP contribution in [0.5, 0.6) is 0 Å². The fraction of sp³-hybridized carbons (Fsp3) is 0.545. The summed E-state index contributed by atoms with van der Waals surface area (Å²) in [4.78, 5) is 13.6. The minimum Gasteiger partial charge on any atom is -0.329 e. The highest BCUT2D eigenvalue weighted by Gasteiger charge is 2.33. The lowest BCUT2D eigenvalue weighted by Gasteiger charge is -2.33. The number of hydrogen-bond acceptors (Lipinski definition) is 6. The van der Waals surface area contributed by atoms with Crippen molar-refractivity contribution < 1.29 is 13.3 Å². The van der Waals surface area contributed by atoms with Gasteiger partial charge in [0.1, 0.15) is 6.20 Å². The van der Waals surface area contributed by atoms with Crippen molar-refractivity contribution in [3.8, 4) is 0 Å². The Hall–Kier alpha value is -1.58. The van der Waals surface area contributed by atoms with Crippen LogP contribution in [0.15, 0.2) is 23.4 Å². The van der Waals surface area contributed by atoms with Gasteiger partial charge in [0.15, 0.2) is 5.03 Å². The van der Waals surface area contributed by atoms with Gasteiger partial charge in [-0.2, -0.15) is 4.31 Å². The molecule has 2 heterocycles. The summed E-state index contributed by atoms with van der Waals surface area (Å²) in [5, 5.41) is 10.4. The molecule has 0 aromatic carbocycles. The number of nitrogens with two attached hydrogens (primary N) is 1. The zero-order valence-corrected chi connectivity index (χ0v) is 11.6. The van der Waals surface area contributed by atoms with E-state index in [4.69, 9.17) is 5.73 Å². The van der Waals surface area contributed by atoms with E-state index in [1.165, 1.54) is 4.31 Å². The maximum atomic E-state index is 12.5. The van der Waals surface area contributed by atoms with Gasteiger partial charge in [-0.3, -0.25) is 10.1 Å². The molecular weight excluding hydrogens is 284 g/mol. The quantitative estimate of drug-likeness (QED) is 0.638. The molecule has 1 aromatic rings. The summed E-state index contributed by atoms with van der Waals surface area (Å²) in [5.74, 6) is 0. The second-order valence-corrected chi connectivity index (χ2v) is 6.45. The molecule has 1 atom stereocenters. The van der Waals surface area contributed by atoms with Crippen molar-refractivity contribution in [2.45, 2.75) is 30.3 Å². The van der Waals surface area contributed by atoms with E-state index >= 15 is 0 Å². The van der Waals surface area contributed by atoms with Crippen LogP contribution < -0.4 is 5.73 Å². The summed E-state index contributed by atoms with van der Waals surface area (Å²) in [6.07, 6.45) is 3.40. The Bertz CT molecular complexity index is 587. The number of nitrogens with zero attached hydrogens (tertiary/aromatic N) is 3. The van der Waals surface area contributed by atoms with Gasteiger partial charge >= 0.3 is 0 Å². The normalized spacial score (nSPS) is 20.8. The number of hydrogen-bond donors (Lipinski definition) is 1. The molecule has 1 aromatic heterocycles. The lowest BCUT2D eigenvalue weighted by Crippen LogP contribution is -2.47. The molecule has 1 aliphatic heterocycles. The topological polar surface area (TPSA) is 119 Å². The molecule has 8 nitrogen and oxygen atoms in total. The maximum Gasteiger partial charge on any atom is 0.287 e. The van der Waals surface area contributed by atoms with Crippen LogP contribution in [0.4, 0.5) is 5.69 Å². The number of rotatable bonds is 4. The third kappa shape index (κ3) is 2.79. The number of pyridine rings is 1. The highest BCUT2D eigenvalue weighted by Crippen LogP contribution is 2.24. The highest BCUT2D eigenvalue weighted by molar-refractivity contribution is 7.89. The van der Waals surface area contributed by atoms with Gasteiger partial charge in [0.05, 0.1) is 4.92 Å². The fourth-order valence-electron chi connectivity index (χ4n) is 2.28. The average molecular weight is 300 g/mol. The molecule has 0 saturated carbocycles. The molecule has 0 spiro atoms. The summed E-state index contributed by atoms with van der Waals surface area (Å²) < 4.78 is 26.3. The lowest BCUT2D eigenvalue weighted by atomic mass is 10.1. The summed E-state index contributed by atoms with van der Waals surface area (Å²) in [6.45, 7) is 0.662. The van der Waals surface area contributed by atoms with Gasteiger partial charge in [-0.05, 0) is 18.9 Å². The highest BCUT2D eigenvalue weighted by atomic mass is 32.2. The Balaban J connectivity index is 2.31. The van der Waals surface area contributed by atoms with E-state index in [1.807, 2.05) is 0 Å². The van der Waals surface area contributed by atoms with Gasteiger partial charge in [0.25, 0.3) is 15.7 Å². The zero-order chi connectivity index (χ0) is 14.8. The predicted molar refractivity (Wildman–Crippen MR) is 71.5 cm³/mol. The molecule has 0 bridgehead atoms. The molecule has 1 aliphatic rings. The Morgan fingerprint density at radius 2 is 2.20 bits per heavy atom. The van der Waals surface area contributed by atoms with Crippen LogP contribution in [0.1, 0.15) is 19.3 Å². The molecule has 1 saturated heterocycles. The maximum absolute atomic E-state index is 12.5. The summed E-state index contributed by atoms with van der Waals surface area (Å²) >= 11 is 0. The number of nitro groups is 1. The molecule has 0 amide bonds. The third-order valence-electron chi connectivity index (χ3n) is 3.35. The Labute approximate surface area is 116 Å². The number of piperidine rings is 1. The van der Waals surface area contributed by atoms with E-state index in [2.05, 4.69) is 4.98 Å². The van der Waals surface area contributed by atoms with Gasteiger partial charge in [0.2, 0.25) is 0 Å². The van der Waals surface area contributed by atoms with Crippen LogP contribution in [-0.4, -0.2) is 41.8 Å². The summed E-state index contributed by atoms with van der Waals surface area (Å²) in [5.41, 5.74) is 5.38. The van der Waals surface area contributed by atoms with Gasteiger partial charge in [-0.25, -0.2) is 13.4 Å². The van der Waals surface area contributed by atoms with E-state index in [0.717, 1.165) is 37.6 Å². The van der Waals surface area contributed by atoms with Crippen LogP contribution in [0.2, 0.25) is 0 Å². The van der Waals surface area contributed by atoms with Gasteiger partial charge in [-0.15, -0.1) is 0 Å². The zero-order valence-electron chi connectivity index (χ0n) is 10.8. The minimum atomic E-state index is -3.75. The summed E-state index contributed by atoms with van der Waals surface area (Å²) in [7, 11) is -3.75. The molecule has 110 valence electrons. The van der Waals surface area contributed by atoms with E-state index in [9.17, 15) is 18.5 Å². The molecule has 9 heteroatoms. The Morgan fingerprint density at radius 3 is 2.75 bits per heavy atom. The van der Waals surface area contributed by atoms with Crippen LogP contribution in [-0.2, 0) is 10.0 Å². The van der Waals surface area contributed by atoms with Crippen molar-refractivity contribution in [3.63, 3.8) is 0 Å². The van der Waals surface area contributed by atoms with Crippen LogP contribution in [0.25, 0.3) is 0 Å². The van der Waals surface area contributed by atoms with E-state index in [0.29, 0.717) is 6.54 Å². The van der Waals surface area contributed by atoms with E-state index < -0.39 is 14.9 Å². The first-order valence-corrected chi connectivity index (χ1v) is 7.73. The second kappa shape index (κ2) is 5.81. The molecule has 20 heavy (non-hydrogen) atoms. The lowest BCUT2D eigenvalue weighted by molar-refractivity contribution is -0.385. The number of aromatic nitrogens is 1. The molecule has 0 radical (unpaired) electrons. The SMILES string of the molecule is NC[C@H]1CCCCN1S(=O)(=O)c1ccc([N+](=O)[O-])cn1. The second-order valence-electron chi connectivity index (χ2n) is 4.61. The molecule has 0 aliphatic carbocycles. The fourth-order valence-corrected chi connectivity index (χ4v) is 3.90. The van der Waals surface area contributed by atoms with Crippen molar-refractivity contribution in [3.05, 3.63) is 28.4 Å². The minimum absolute atomic E-state index is 0.177. The van der Waals surface area contributed by atoms with Crippen molar-refractivity contribution in [2.24, 2.45) is 5.73 Å². The van der Waals surface area contributed by atoms with Crippen molar-refractivity contribution in [1.29, 1.82) is 0 Å². The molecule has 2 rings (SSSR count). The molecule has 2 N–H and O–H groups in total. The first-order chi connectivity index (χ1) is 9.46. The molecule has 1 fully saturated rings.